The van der Waals surface area contributed by atoms with Gasteiger partial charge in [-0.15, -0.1) is 0 Å². The molecule has 1 heterocycles. The van der Waals surface area contributed by atoms with E-state index >= 15 is 0 Å². The maximum atomic E-state index is 2.58. The van der Waals surface area contributed by atoms with Crippen molar-refractivity contribution in [2.75, 3.05) is 0 Å². The van der Waals surface area contributed by atoms with Gasteiger partial charge >= 0.3 is 0 Å². The van der Waals surface area contributed by atoms with E-state index in [2.05, 4.69) is 42.3 Å². The van der Waals surface area contributed by atoms with E-state index in [0.29, 0.717) is 0 Å². The van der Waals surface area contributed by atoms with Gasteiger partial charge in [0, 0.05) is 6.42 Å². The molecule has 0 saturated carbocycles. The fourth-order valence-electron chi connectivity index (χ4n) is 4.38. The Morgan fingerprint density at radius 2 is 1.07 bits per heavy atom. The topological polar surface area (TPSA) is 8.81 Å². The zero-order valence-electron chi connectivity index (χ0n) is 20.4. The number of nitrogens with zero attached hydrogens (tertiary/aromatic N) is 2. The highest BCUT2D eigenvalue weighted by atomic mass is 15.1. The third-order valence-corrected chi connectivity index (χ3v) is 6.35. The van der Waals surface area contributed by atoms with Crippen molar-refractivity contribution in [3.8, 4) is 0 Å². The van der Waals surface area contributed by atoms with Crippen molar-refractivity contribution < 1.29 is 4.57 Å². The lowest BCUT2D eigenvalue weighted by molar-refractivity contribution is -0.704. The van der Waals surface area contributed by atoms with E-state index in [0.717, 1.165) is 0 Å². The van der Waals surface area contributed by atoms with Crippen LogP contribution >= 0.6 is 0 Å². The smallest absolute Gasteiger partial charge is 0.234 e. The molecule has 1 rings (SSSR count). The Hall–Kier alpha value is -0.790. The Morgan fingerprint density at radius 1 is 0.586 bits per heavy atom. The Balaban J connectivity index is 2.41. The third kappa shape index (κ3) is 13.2. The molecule has 2 nitrogen and oxygen atoms in total. The largest absolute Gasteiger partial charge is 0.256 e. The second-order valence-electron chi connectivity index (χ2n) is 9.15. The van der Waals surface area contributed by atoms with Gasteiger partial charge in [-0.05, 0) is 32.1 Å². The molecule has 0 bridgehead atoms. The van der Waals surface area contributed by atoms with Crippen molar-refractivity contribution in [2.45, 2.75) is 156 Å². The van der Waals surface area contributed by atoms with Crippen molar-refractivity contribution in [3.05, 3.63) is 18.2 Å². The zero-order chi connectivity index (χ0) is 21.0. The summed E-state index contributed by atoms with van der Waals surface area (Å²) in [6.07, 6.45) is 31.1. The highest BCUT2D eigenvalue weighted by molar-refractivity contribution is 4.84. The van der Waals surface area contributed by atoms with Crippen molar-refractivity contribution in [3.63, 3.8) is 0 Å². The molecular weight excluding hydrogens is 352 g/mol. The van der Waals surface area contributed by atoms with Crippen LogP contribution < -0.4 is 4.57 Å². The molecule has 1 aromatic heterocycles. The van der Waals surface area contributed by atoms with Crippen LogP contribution in [0.4, 0.5) is 0 Å². The van der Waals surface area contributed by atoms with E-state index in [1.165, 1.54) is 135 Å². The second kappa shape index (κ2) is 19.2. The van der Waals surface area contributed by atoms with Crippen LogP contribution in [-0.4, -0.2) is 4.57 Å². The molecule has 2 heteroatoms. The minimum absolute atomic E-state index is 1.22. The van der Waals surface area contributed by atoms with Gasteiger partial charge in [0.2, 0.25) is 0 Å². The van der Waals surface area contributed by atoms with Crippen LogP contribution in [-0.2, 0) is 19.5 Å². The van der Waals surface area contributed by atoms with E-state index in [-0.39, 0.29) is 0 Å². The van der Waals surface area contributed by atoms with Gasteiger partial charge in [-0.3, -0.25) is 0 Å². The first kappa shape index (κ1) is 26.2. The summed E-state index contributed by atoms with van der Waals surface area (Å²) in [6, 6.07) is 0. The van der Waals surface area contributed by atoms with Gasteiger partial charge in [-0.1, -0.05) is 104 Å². The minimum atomic E-state index is 1.22. The van der Waals surface area contributed by atoms with Crippen molar-refractivity contribution in [1.29, 1.82) is 0 Å². The van der Waals surface area contributed by atoms with Gasteiger partial charge in [0.15, 0.2) is 0 Å². The molecule has 0 spiro atoms. The van der Waals surface area contributed by atoms with E-state index in [1.54, 1.807) is 5.82 Å². The molecule has 0 aromatic carbocycles. The van der Waals surface area contributed by atoms with Gasteiger partial charge in [0.25, 0.3) is 5.82 Å². The number of hydrogen-bond donors (Lipinski definition) is 0. The summed E-state index contributed by atoms with van der Waals surface area (Å²) in [5, 5.41) is 0. The molecule has 0 aliphatic heterocycles. The predicted octanol–water partition coefficient (Wildman–Crippen LogP) is 8.40. The Labute approximate surface area is 183 Å². The van der Waals surface area contributed by atoms with Crippen LogP contribution in [0.3, 0.4) is 0 Å². The van der Waals surface area contributed by atoms with E-state index in [4.69, 9.17) is 0 Å². The summed E-state index contributed by atoms with van der Waals surface area (Å²) < 4.78 is 5.17. The van der Waals surface area contributed by atoms with E-state index < -0.39 is 0 Å². The lowest BCUT2D eigenvalue weighted by Gasteiger charge is -2.07. The SMILES string of the molecule is CCCCCCCCCCc1n(CCCCCCC)cc[n+]1CCCCCCC. The summed E-state index contributed by atoms with van der Waals surface area (Å²) in [7, 11) is 0. The normalized spacial score (nSPS) is 11.4. The molecular formula is C27H53N2+. The lowest BCUT2D eigenvalue weighted by atomic mass is 10.1. The summed E-state index contributed by atoms with van der Waals surface area (Å²) in [6.45, 7) is 9.35. The Morgan fingerprint density at radius 3 is 1.66 bits per heavy atom. The summed E-state index contributed by atoms with van der Waals surface area (Å²) >= 11 is 0. The van der Waals surface area contributed by atoms with Gasteiger partial charge in [0.1, 0.15) is 12.4 Å². The minimum Gasteiger partial charge on any atom is -0.234 e. The first-order valence-electron chi connectivity index (χ1n) is 13.4. The number of rotatable bonds is 21. The molecule has 0 atom stereocenters. The molecule has 0 saturated heterocycles. The summed E-state index contributed by atoms with van der Waals surface area (Å²) in [5.41, 5.74) is 0. The molecule has 0 radical (unpaired) electrons. The molecule has 0 aliphatic carbocycles. The van der Waals surface area contributed by atoms with Gasteiger partial charge < -0.3 is 0 Å². The molecule has 29 heavy (non-hydrogen) atoms. The molecule has 0 amide bonds. The van der Waals surface area contributed by atoms with Crippen molar-refractivity contribution in [2.24, 2.45) is 0 Å². The first-order chi connectivity index (χ1) is 14.3. The molecule has 0 unspecified atom stereocenters. The Kier molecular flexibility index (Phi) is 17.4. The standard InChI is InChI=1S/C27H53N2/c1-4-7-10-13-14-15-16-19-22-27-28(23-20-17-11-8-5-2)25-26-29(27)24-21-18-12-9-6-3/h25-26H,4-24H2,1-3H3/q+1. The quantitative estimate of drug-likeness (QED) is 0.143. The number of imidazole rings is 1. The van der Waals surface area contributed by atoms with Crippen LogP contribution in [0.2, 0.25) is 0 Å². The fraction of sp³-hybridized carbons (Fsp3) is 0.889. The summed E-state index contributed by atoms with van der Waals surface area (Å²) in [5.74, 6) is 1.60. The van der Waals surface area contributed by atoms with Gasteiger partial charge in [-0.2, -0.15) is 0 Å². The Bertz CT molecular complexity index is 432. The highest BCUT2D eigenvalue weighted by Gasteiger charge is 2.16. The van der Waals surface area contributed by atoms with E-state index in [1.807, 2.05) is 0 Å². The van der Waals surface area contributed by atoms with Crippen LogP contribution in [0, 0.1) is 0 Å². The fourth-order valence-corrected chi connectivity index (χ4v) is 4.38. The van der Waals surface area contributed by atoms with Crippen molar-refractivity contribution in [1.82, 2.24) is 4.57 Å². The number of unbranched alkanes of at least 4 members (excludes halogenated alkanes) is 15. The first-order valence-corrected chi connectivity index (χ1v) is 13.4. The maximum Gasteiger partial charge on any atom is 0.256 e. The van der Waals surface area contributed by atoms with E-state index in [9.17, 15) is 0 Å². The average Bonchev–Trinajstić information content (AvgIpc) is 3.11. The molecule has 0 N–H and O–H groups in total. The molecule has 170 valence electrons. The summed E-state index contributed by atoms with van der Waals surface area (Å²) in [4.78, 5) is 0. The molecule has 1 aromatic rings. The monoisotopic (exact) mass is 405 g/mol. The highest BCUT2D eigenvalue weighted by Crippen LogP contribution is 2.12. The maximum absolute atomic E-state index is 2.58. The number of hydrogen-bond acceptors (Lipinski definition) is 0. The zero-order valence-corrected chi connectivity index (χ0v) is 20.4. The third-order valence-electron chi connectivity index (χ3n) is 6.35. The van der Waals surface area contributed by atoms with Gasteiger partial charge in [-0.25, -0.2) is 9.13 Å². The van der Waals surface area contributed by atoms with Crippen LogP contribution in [0.15, 0.2) is 12.4 Å². The molecule has 0 fully saturated rings. The lowest BCUT2D eigenvalue weighted by Crippen LogP contribution is -2.37. The number of aromatic nitrogens is 2. The van der Waals surface area contributed by atoms with Crippen LogP contribution in [0.25, 0.3) is 0 Å². The average molecular weight is 406 g/mol. The number of aryl methyl sites for hydroxylation is 2. The molecule has 0 aliphatic rings. The van der Waals surface area contributed by atoms with Crippen LogP contribution in [0.5, 0.6) is 0 Å². The van der Waals surface area contributed by atoms with Crippen molar-refractivity contribution >= 4 is 0 Å². The second-order valence-corrected chi connectivity index (χ2v) is 9.15. The predicted molar refractivity (Wildman–Crippen MR) is 128 cm³/mol. The van der Waals surface area contributed by atoms with Gasteiger partial charge in [0.05, 0.1) is 13.1 Å². The van der Waals surface area contributed by atoms with Crippen LogP contribution in [0.1, 0.15) is 142 Å².